The molecule has 0 spiro atoms. The Balaban J connectivity index is 1.73. The van der Waals surface area contributed by atoms with Gasteiger partial charge in [0.05, 0.1) is 6.21 Å². The maximum Gasteiger partial charge on any atom is 0.344 e. The fourth-order valence-corrected chi connectivity index (χ4v) is 2.47. The Morgan fingerprint density at radius 1 is 1.28 bits per heavy atom. The van der Waals surface area contributed by atoms with Crippen LogP contribution in [0.1, 0.15) is 11.1 Å². The molecule has 0 aliphatic rings. The number of benzene rings is 2. The number of rotatable bonds is 7. The van der Waals surface area contributed by atoms with E-state index in [0.29, 0.717) is 17.4 Å². The van der Waals surface area contributed by atoms with E-state index in [1.54, 1.807) is 6.20 Å². The van der Waals surface area contributed by atoms with Crippen molar-refractivity contribution in [1.29, 1.82) is 0 Å². The summed E-state index contributed by atoms with van der Waals surface area (Å²) in [5, 5.41) is 13.7. The smallest absolute Gasteiger partial charge is 0.344 e. The lowest BCUT2D eigenvalue weighted by molar-refractivity contribution is -0.142. The monoisotopic (exact) mass is 358 g/mol. The van der Waals surface area contributed by atoms with E-state index >= 15 is 0 Å². The third-order valence-electron chi connectivity index (χ3n) is 3.49. The molecule has 3 rings (SSSR count). The number of ether oxygens (including phenoxy) is 1. The lowest BCUT2D eigenvalue weighted by atomic mass is 10.2. The minimum absolute atomic E-state index is 0.362. The number of H-pyrrole nitrogens is 1. The van der Waals surface area contributed by atoms with Crippen molar-refractivity contribution in [3.05, 3.63) is 64.8 Å². The zero-order chi connectivity index (χ0) is 17.6. The van der Waals surface area contributed by atoms with Crippen molar-refractivity contribution in [3.8, 4) is 5.75 Å². The number of carboxylic acids is 1. The van der Waals surface area contributed by atoms with Gasteiger partial charge in [0.25, 0.3) is 0 Å². The maximum absolute atomic E-state index is 10.4. The molecule has 0 atom stereocenters. The molecular formula is C18H15ClN2O4. The highest BCUT2D eigenvalue weighted by Crippen LogP contribution is 2.24. The summed E-state index contributed by atoms with van der Waals surface area (Å²) in [7, 11) is 0. The molecule has 0 bridgehead atoms. The Morgan fingerprint density at radius 3 is 2.92 bits per heavy atom. The number of aromatic amines is 1. The van der Waals surface area contributed by atoms with Gasteiger partial charge in [-0.05, 0) is 24.3 Å². The first-order chi connectivity index (χ1) is 12.1. The summed E-state index contributed by atoms with van der Waals surface area (Å²) >= 11 is 6.13. The van der Waals surface area contributed by atoms with E-state index in [4.69, 9.17) is 21.4 Å². The Labute approximate surface area is 148 Å². The molecule has 6 nitrogen and oxygen atoms in total. The number of aromatic nitrogens is 1. The van der Waals surface area contributed by atoms with Gasteiger partial charge < -0.3 is 19.7 Å². The van der Waals surface area contributed by atoms with Crippen LogP contribution >= 0.6 is 11.6 Å². The number of aliphatic carboxylic acids is 1. The van der Waals surface area contributed by atoms with Gasteiger partial charge in [-0.2, -0.15) is 0 Å². The summed E-state index contributed by atoms with van der Waals surface area (Å²) in [6.45, 7) is -0.119. The lowest BCUT2D eigenvalue weighted by Gasteiger charge is -2.08. The summed E-state index contributed by atoms with van der Waals surface area (Å²) in [5.41, 5.74) is 2.58. The molecule has 2 N–H and O–H groups in total. The highest BCUT2D eigenvalue weighted by molar-refractivity contribution is 6.31. The molecule has 3 aromatic rings. The van der Waals surface area contributed by atoms with Gasteiger partial charge in [-0.25, -0.2) is 4.79 Å². The minimum atomic E-state index is -1.08. The number of carbonyl (C=O) groups is 1. The van der Waals surface area contributed by atoms with Crippen molar-refractivity contribution < 1.29 is 19.5 Å². The van der Waals surface area contributed by atoms with Crippen LogP contribution in [0.2, 0.25) is 5.02 Å². The van der Waals surface area contributed by atoms with E-state index in [-0.39, 0.29) is 0 Å². The average molecular weight is 359 g/mol. The van der Waals surface area contributed by atoms with Gasteiger partial charge >= 0.3 is 5.97 Å². The summed E-state index contributed by atoms with van der Waals surface area (Å²) in [4.78, 5) is 18.2. The van der Waals surface area contributed by atoms with Gasteiger partial charge in [-0.3, -0.25) is 0 Å². The minimum Gasteiger partial charge on any atom is -0.489 e. The highest BCUT2D eigenvalue weighted by Gasteiger charge is 2.06. The molecule has 0 amide bonds. The van der Waals surface area contributed by atoms with Gasteiger partial charge in [0, 0.05) is 33.2 Å². The summed E-state index contributed by atoms with van der Waals surface area (Å²) in [6.07, 6.45) is 3.22. The first-order valence-corrected chi connectivity index (χ1v) is 7.86. The van der Waals surface area contributed by atoms with Crippen molar-refractivity contribution in [2.75, 3.05) is 6.61 Å². The second-order valence-electron chi connectivity index (χ2n) is 5.23. The number of carboxylic acid groups (broad SMARTS) is 1. The average Bonchev–Trinajstić information content (AvgIpc) is 3.00. The van der Waals surface area contributed by atoms with Gasteiger partial charge in [0.15, 0.2) is 0 Å². The third kappa shape index (κ3) is 4.30. The van der Waals surface area contributed by atoms with E-state index in [2.05, 4.69) is 15.0 Å². The molecule has 7 heteroatoms. The topological polar surface area (TPSA) is 83.9 Å². The number of oxime groups is 1. The standard InChI is InChI=1S/C18H15ClN2O4/c19-16-4-2-1-3-12(16)10-24-14-5-6-17-15(7-14)13(8-20-17)9-21-25-11-18(22)23/h1-9,20H,10-11H2,(H,22,23). The summed E-state index contributed by atoms with van der Waals surface area (Å²) in [6, 6.07) is 13.1. The first kappa shape index (κ1) is 16.9. The summed E-state index contributed by atoms with van der Waals surface area (Å²) < 4.78 is 5.81. The lowest BCUT2D eigenvalue weighted by Crippen LogP contribution is -2.03. The van der Waals surface area contributed by atoms with Crippen LogP contribution in [0.3, 0.4) is 0 Å². The van der Waals surface area contributed by atoms with Crippen LogP contribution in [-0.4, -0.2) is 28.9 Å². The van der Waals surface area contributed by atoms with E-state index in [1.807, 2.05) is 42.5 Å². The van der Waals surface area contributed by atoms with Gasteiger partial charge in [-0.15, -0.1) is 0 Å². The van der Waals surface area contributed by atoms with Crippen molar-refractivity contribution in [3.63, 3.8) is 0 Å². The second kappa shape index (κ2) is 7.72. The van der Waals surface area contributed by atoms with Crippen LogP contribution in [0.25, 0.3) is 10.9 Å². The number of fused-ring (bicyclic) bond motifs is 1. The fourth-order valence-electron chi connectivity index (χ4n) is 2.28. The van der Waals surface area contributed by atoms with Crippen LogP contribution in [0.4, 0.5) is 0 Å². The van der Waals surface area contributed by atoms with Crippen molar-refractivity contribution in [2.24, 2.45) is 5.16 Å². The van der Waals surface area contributed by atoms with Crippen LogP contribution in [0.15, 0.2) is 53.8 Å². The predicted molar refractivity (Wildman–Crippen MR) is 95.3 cm³/mol. The molecule has 128 valence electrons. The van der Waals surface area contributed by atoms with Gasteiger partial charge in [-0.1, -0.05) is 35.0 Å². The Bertz CT molecular complexity index is 920. The Hall–Kier alpha value is -2.99. The molecule has 0 saturated heterocycles. The van der Waals surface area contributed by atoms with E-state index in [9.17, 15) is 4.79 Å². The fraction of sp³-hybridized carbons (Fsp3) is 0.111. The predicted octanol–water partition coefficient (Wildman–Crippen LogP) is 3.84. The largest absolute Gasteiger partial charge is 0.489 e. The molecule has 1 aromatic heterocycles. The SMILES string of the molecule is O=C(O)CON=Cc1c[nH]c2ccc(OCc3ccccc3Cl)cc12. The zero-order valence-electron chi connectivity index (χ0n) is 13.1. The maximum atomic E-state index is 10.4. The number of hydrogen-bond acceptors (Lipinski definition) is 4. The van der Waals surface area contributed by atoms with E-state index in [0.717, 1.165) is 22.0 Å². The van der Waals surface area contributed by atoms with Crippen molar-refractivity contribution >= 4 is 34.7 Å². The number of nitrogens with zero attached hydrogens (tertiary/aromatic N) is 1. The molecule has 0 unspecified atom stereocenters. The second-order valence-corrected chi connectivity index (χ2v) is 5.64. The molecule has 0 aliphatic heterocycles. The molecule has 0 fully saturated rings. The van der Waals surface area contributed by atoms with E-state index < -0.39 is 12.6 Å². The van der Waals surface area contributed by atoms with Crippen LogP contribution < -0.4 is 4.74 Å². The molecule has 1 heterocycles. The zero-order valence-corrected chi connectivity index (χ0v) is 13.9. The number of nitrogens with one attached hydrogen (secondary N) is 1. The van der Waals surface area contributed by atoms with Crippen LogP contribution in [-0.2, 0) is 16.2 Å². The van der Waals surface area contributed by atoms with Crippen molar-refractivity contribution in [2.45, 2.75) is 6.61 Å². The van der Waals surface area contributed by atoms with Gasteiger partial charge in [0.1, 0.15) is 12.4 Å². The van der Waals surface area contributed by atoms with Crippen LogP contribution in [0.5, 0.6) is 5.75 Å². The third-order valence-corrected chi connectivity index (χ3v) is 3.86. The number of halogens is 1. The first-order valence-electron chi connectivity index (χ1n) is 7.48. The summed E-state index contributed by atoms with van der Waals surface area (Å²) in [5.74, 6) is -0.389. The van der Waals surface area contributed by atoms with Gasteiger partial charge in [0.2, 0.25) is 6.61 Å². The molecule has 0 aliphatic carbocycles. The Morgan fingerprint density at radius 2 is 2.12 bits per heavy atom. The molecule has 2 aromatic carbocycles. The normalized spacial score (nSPS) is 11.1. The van der Waals surface area contributed by atoms with E-state index in [1.165, 1.54) is 6.21 Å². The number of hydrogen-bond donors (Lipinski definition) is 2. The van der Waals surface area contributed by atoms with Crippen molar-refractivity contribution in [1.82, 2.24) is 4.98 Å². The molecule has 0 saturated carbocycles. The molecule has 25 heavy (non-hydrogen) atoms. The Kier molecular flexibility index (Phi) is 5.20. The van der Waals surface area contributed by atoms with Crippen LogP contribution in [0, 0.1) is 0 Å². The quantitative estimate of drug-likeness (QED) is 0.496. The molecular weight excluding hydrogens is 344 g/mol. The molecule has 0 radical (unpaired) electrons. The highest BCUT2D eigenvalue weighted by atomic mass is 35.5.